The van der Waals surface area contributed by atoms with Gasteiger partial charge in [-0.2, -0.15) is 0 Å². The van der Waals surface area contributed by atoms with Crippen LogP contribution in [0.25, 0.3) is 0 Å². The van der Waals surface area contributed by atoms with Gasteiger partial charge < -0.3 is 0 Å². The second-order valence-electron chi connectivity index (χ2n) is 1.32. The van der Waals surface area contributed by atoms with Crippen LogP contribution in [0, 0.1) is 0 Å². The summed E-state index contributed by atoms with van der Waals surface area (Å²) in [5.74, 6) is 0.169. The zero-order valence-electron chi connectivity index (χ0n) is 4.31. The molecular weight excluding hydrogens is 107 g/mol. The molecule has 0 saturated heterocycles. The van der Waals surface area contributed by atoms with E-state index in [1.54, 1.807) is 6.92 Å². The van der Waals surface area contributed by atoms with Crippen molar-refractivity contribution in [2.24, 2.45) is 0 Å². The molecule has 0 unspecified atom stereocenters. The molecule has 0 heterocycles. The van der Waals surface area contributed by atoms with Gasteiger partial charge in [-0.1, -0.05) is 0 Å². The van der Waals surface area contributed by atoms with Crippen LogP contribution < -0.4 is 0 Å². The summed E-state index contributed by atoms with van der Waals surface area (Å²) in [6, 6.07) is 0. The van der Waals surface area contributed by atoms with Crippen LogP contribution in [0.4, 0.5) is 0 Å². The third-order valence-electron chi connectivity index (χ3n) is 0.572. The standard InChI is InChI=1S/C4H7O2.Al/c1-4(6)2-3-5;/h2-3H2,1H3;/q-1;+3. The molecule has 0 bridgehead atoms. The summed E-state index contributed by atoms with van der Waals surface area (Å²) < 4.78 is 4.55. The molecule has 0 rings (SSSR count). The molecule has 0 aliphatic rings. The Balaban J connectivity index is 2.82. The first-order chi connectivity index (χ1) is 3.27. The van der Waals surface area contributed by atoms with E-state index in [1.165, 1.54) is 0 Å². The summed E-state index contributed by atoms with van der Waals surface area (Å²) in [7, 11) is 0. The molecule has 2 nitrogen and oxygen atoms in total. The number of carbonyl (C=O) groups excluding carboxylic acids is 1. The van der Waals surface area contributed by atoms with Gasteiger partial charge in [0.15, 0.2) is 0 Å². The van der Waals surface area contributed by atoms with Gasteiger partial charge in [0.2, 0.25) is 0 Å². The van der Waals surface area contributed by atoms with Crippen molar-refractivity contribution in [3.63, 3.8) is 0 Å². The van der Waals surface area contributed by atoms with Gasteiger partial charge in [0.25, 0.3) is 0 Å². The van der Waals surface area contributed by atoms with Crippen LogP contribution in [0.2, 0.25) is 0 Å². The third kappa shape index (κ3) is 6.16. The van der Waals surface area contributed by atoms with Crippen molar-refractivity contribution in [2.45, 2.75) is 13.3 Å². The Labute approximate surface area is 51.6 Å². The molecule has 36 valence electrons. The molecule has 0 aromatic rings. The molecule has 0 atom stereocenters. The monoisotopic (exact) mass is 114 g/mol. The van der Waals surface area contributed by atoms with E-state index in [2.05, 4.69) is 20.4 Å². The van der Waals surface area contributed by atoms with Crippen LogP contribution in [0.3, 0.4) is 0 Å². The number of Topliss-reactive ketones (excluding diaryl/α,β-unsaturated/α-hetero) is 1. The molecule has 0 saturated carbocycles. The first-order valence-electron chi connectivity index (χ1n) is 2.08. The third-order valence-corrected chi connectivity index (χ3v) is 0.808. The number of rotatable bonds is 3. The fraction of sp³-hybridized carbons (Fsp3) is 0.750. The van der Waals surface area contributed by atoms with Crippen LogP contribution in [-0.4, -0.2) is 29.0 Å². The van der Waals surface area contributed by atoms with E-state index in [4.69, 9.17) is 0 Å². The average Bonchev–Trinajstić information content (AvgIpc) is 1.61. The molecule has 7 heavy (non-hydrogen) atoms. The van der Waals surface area contributed by atoms with E-state index < -0.39 is 0 Å². The van der Waals surface area contributed by atoms with Crippen molar-refractivity contribution in [2.75, 3.05) is 6.61 Å². The molecule has 0 radical (unpaired) electrons. The number of carbonyl (C=O) groups is 1. The fourth-order valence-corrected chi connectivity index (χ4v) is 0.321. The Morgan fingerprint density at radius 2 is 2.43 bits per heavy atom. The maximum atomic E-state index is 10.1. The van der Waals surface area contributed by atoms with Gasteiger partial charge in [0, 0.05) is 0 Å². The molecule has 0 aromatic carbocycles. The molecule has 0 aliphatic carbocycles. The summed E-state index contributed by atoms with van der Waals surface area (Å²) in [5.41, 5.74) is 0. The second kappa shape index (κ2) is 4.32. The van der Waals surface area contributed by atoms with Gasteiger partial charge >= 0.3 is 50.9 Å². The summed E-state index contributed by atoms with van der Waals surface area (Å²) in [5, 5.41) is 0. The molecule has 3 heteroatoms. The van der Waals surface area contributed by atoms with Gasteiger partial charge in [-0.05, 0) is 0 Å². The first-order valence-corrected chi connectivity index (χ1v) is 2.55. The predicted octanol–water partition coefficient (Wildman–Crippen LogP) is 0.0656. The normalized spacial score (nSPS) is 9.00. The van der Waals surface area contributed by atoms with Crippen LogP contribution in [0.5, 0.6) is 0 Å². The minimum absolute atomic E-state index is 0.169. The van der Waals surface area contributed by atoms with Gasteiger partial charge in [-0.25, -0.2) is 0 Å². The first kappa shape index (κ1) is 7.16. The van der Waals surface area contributed by atoms with Crippen molar-refractivity contribution in [3.05, 3.63) is 0 Å². The van der Waals surface area contributed by atoms with Crippen molar-refractivity contribution >= 4 is 22.4 Å². The van der Waals surface area contributed by atoms with Gasteiger partial charge in [0.05, 0.1) is 0 Å². The number of ketones is 1. The van der Waals surface area contributed by atoms with Crippen molar-refractivity contribution in [1.29, 1.82) is 0 Å². The van der Waals surface area contributed by atoms with Crippen LogP contribution in [0.15, 0.2) is 0 Å². The molecule has 0 fully saturated rings. The second-order valence-corrected chi connectivity index (χ2v) is 1.66. The van der Waals surface area contributed by atoms with E-state index in [9.17, 15) is 4.79 Å². The topological polar surface area (TPSA) is 26.3 Å². The average molecular weight is 114 g/mol. The summed E-state index contributed by atoms with van der Waals surface area (Å²) in [4.78, 5) is 10.1. The van der Waals surface area contributed by atoms with Crippen LogP contribution in [0.1, 0.15) is 13.3 Å². The molecular formula is C4H7AlO2+2. The Hall–Kier alpha value is 0.162. The Bertz CT molecular complexity index is 62.7. The zero-order valence-corrected chi connectivity index (χ0v) is 5.46. The summed E-state index contributed by atoms with van der Waals surface area (Å²) in [6.45, 7) is 2.06. The Kier molecular flexibility index (Phi) is 4.43. The molecule has 0 aliphatic heterocycles. The minimum atomic E-state index is 0.169. The SMILES string of the molecule is CC(=O)CC[O][Al+2]. The van der Waals surface area contributed by atoms with E-state index in [0.29, 0.717) is 13.0 Å². The summed E-state index contributed by atoms with van der Waals surface area (Å²) >= 11 is 2.09. The number of hydrogen-bond donors (Lipinski definition) is 0. The molecule has 0 amide bonds. The van der Waals surface area contributed by atoms with Crippen molar-refractivity contribution in [3.8, 4) is 0 Å². The fourth-order valence-electron chi connectivity index (χ4n) is 0.203. The number of hydrogen-bond acceptors (Lipinski definition) is 2. The Morgan fingerprint density at radius 1 is 1.86 bits per heavy atom. The molecule has 0 N–H and O–H groups in total. The predicted molar refractivity (Wildman–Crippen MR) is 27.0 cm³/mol. The van der Waals surface area contributed by atoms with Gasteiger partial charge in [0.1, 0.15) is 0 Å². The van der Waals surface area contributed by atoms with E-state index >= 15 is 0 Å². The van der Waals surface area contributed by atoms with E-state index in [0.717, 1.165) is 0 Å². The van der Waals surface area contributed by atoms with Gasteiger partial charge in [-0.15, -0.1) is 0 Å². The van der Waals surface area contributed by atoms with Crippen molar-refractivity contribution < 1.29 is 8.58 Å². The van der Waals surface area contributed by atoms with Crippen LogP contribution in [-0.2, 0) is 8.58 Å². The Morgan fingerprint density at radius 3 is 2.57 bits per heavy atom. The van der Waals surface area contributed by atoms with Gasteiger partial charge in [-0.3, -0.25) is 0 Å². The van der Waals surface area contributed by atoms with Crippen molar-refractivity contribution in [1.82, 2.24) is 0 Å². The molecule has 0 aromatic heterocycles. The van der Waals surface area contributed by atoms with E-state index in [1.807, 2.05) is 0 Å². The maximum absolute atomic E-state index is 10.1. The van der Waals surface area contributed by atoms with Crippen LogP contribution >= 0.6 is 0 Å². The quantitative estimate of drug-likeness (QED) is 0.485. The molecule has 0 spiro atoms. The zero-order chi connectivity index (χ0) is 5.70. The van der Waals surface area contributed by atoms with E-state index in [-0.39, 0.29) is 5.78 Å². The summed E-state index contributed by atoms with van der Waals surface area (Å²) in [6.07, 6.45) is 0.517.